The monoisotopic (exact) mass is 264 g/mol. The van der Waals surface area contributed by atoms with E-state index in [2.05, 4.69) is 6.58 Å². The van der Waals surface area contributed by atoms with Gasteiger partial charge in [0, 0.05) is 17.1 Å². The molecule has 4 nitrogen and oxygen atoms in total. The molecule has 104 valence electrons. The van der Waals surface area contributed by atoms with Crippen molar-refractivity contribution in [2.45, 2.75) is 26.1 Å². The Morgan fingerprint density at radius 3 is 2.47 bits per heavy atom. The van der Waals surface area contributed by atoms with Crippen molar-refractivity contribution in [3.05, 3.63) is 48.0 Å². The van der Waals surface area contributed by atoms with E-state index in [1.54, 1.807) is 44.2 Å². The Balaban J connectivity index is 2.55. The average Bonchev–Trinajstić information content (AvgIpc) is 2.39. The van der Waals surface area contributed by atoms with Crippen molar-refractivity contribution in [3.63, 3.8) is 0 Å². The van der Waals surface area contributed by atoms with E-state index in [9.17, 15) is 15.0 Å². The molecule has 0 aromatic heterocycles. The van der Waals surface area contributed by atoms with Crippen LogP contribution >= 0.6 is 0 Å². The van der Waals surface area contributed by atoms with Crippen LogP contribution in [0.25, 0.3) is 0 Å². The van der Waals surface area contributed by atoms with E-state index in [0.29, 0.717) is 17.6 Å². The molecule has 0 radical (unpaired) electrons. The number of esters is 1. The number of carbonyl (C=O) groups excluding carboxylic acids is 1. The summed E-state index contributed by atoms with van der Waals surface area (Å²) in [5.74, 6) is -2.86. The van der Waals surface area contributed by atoms with E-state index in [1.807, 2.05) is 0 Å². The van der Waals surface area contributed by atoms with Gasteiger partial charge in [0.15, 0.2) is 5.79 Å². The Bertz CT molecular complexity index is 437. The highest BCUT2D eigenvalue weighted by atomic mass is 16.5. The van der Waals surface area contributed by atoms with Gasteiger partial charge in [-0.1, -0.05) is 43.8 Å². The molecule has 1 atom stereocenters. The summed E-state index contributed by atoms with van der Waals surface area (Å²) in [6.07, 6.45) is 0.348. The van der Waals surface area contributed by atoms with E-state index < -0.39 is 17.7 Å². The van der Waals surface area contributed by atoms with Gasteiger partial charge < -0.3 is 14.9 Å². The molecule has 0 fully saturated rings. The minimum absolute atomic E-state index is 0.128. The number of carbonyl (C=O) groups is 1. The molecular formula is C15H20O4. The van der Waals surface area contributed by atoms with E-state index >= 15 is 0 Å². The Morgan fingerprint density at radius 2 is 1.95 bits per heavy atom. The summed E-state index contributed by atoms with van der Waals surface area (Å²) in [7, 11) is 0. The second kappa shape index (κ2) is 6.50. The molecule has 0 amide bonds. The van der Waals surface area contributed by atoms with Crippen LogP contribution in [0.15, 0.2) is 42.5 Å². The van der Waals surface area contributed by atoms with Gasteiger partial charge in [0.05, 0.1) is 6.61 Å². The van der Waals surface area contributed by atoms with Crippen LogP contribution in [0.5, 0.6) is 0 Å². The van der Waals surface area contributed by atoms with Gasteiger partial charge in [0.1, 0.15) is 0 Å². The Morgan fingerprint density at radius 1 is 1.37 bits per heavy atom. The van der Waals surface area contributed by atoms with Gasteiger partial charge in [-0.3, -0.25) is 0 Å². The van der Waals surface area contributed by atoms with Crippen molar-refractivity contribution in [1.29, 1.82) is 0 Å². The van der Waals surface area contributed by atoms with Gasteiger partial charge in [-0.15, -0.1) is 0 Å². The summed E-state index contributed by atoms with van der Waals surface area (Å²) < 4.78 is 4.94. The number of ether oxygens (including phenoxy) is 1. The quantitative estimate of drug-likeness (QED) is 0.468. The van der Waals surface area contributed by atoms with Crippen molar-refractivity contribution in [3.8, 4) is 0 Å². The van der Waals surface area contributed by atoms with Crippen molar-refractivity contribution in [2.24, 2.45) is 5.92 Å². The Labute approximate surface area is 113 Å². The Hall–Kier alpha value is -1.65. The largest absolute Gasteiger partial charge is 0.462 e. The van der Waals surface area contributed by atoms with E-state index in [1.165, 1.54) is 0 Å². The molecule has 0 spiro atoms. The van der Waals surface area contributed by atoms with Crippen LogP contribution in [0.4, 0.5) is 0 Å². The van der Waals surface area contributed by atoms with E-state index in [0.717, 1.165) is 0 Å². The van der Waals surface area contributed by atoms with Crippen LogP contribution < -0.4 is 0 Å². The minimum atomic E-state index is -1.93. The molecule has 0 aliphatic carbocycles. The maximum atomic E-state index is 11.2. The number of hydrogen-bond donors (Lipinski definition) is 2. The standard InChI is InChI=1S/C15H20O4/c1-11(2)14(16)19-10-9-12(3)15(17,18)13-7-5-4-6-8-13/h4-8,12,17-18H,1,9-10H2,2-3H3. The molecule has 1 rings (SSSR count). The number of rotatable bonds is 6. The lowest BCUT2D eigenvalue weighted by molar-refractivity contribution is -0.209. The summed E-state index contributed by atoms with van der Waals surface area (Å²) in [4.78, 5) is 11.2. The van der Waals surface area contributed by atoms with Gasteiger partial charge in [0.2, 0.25) is 0 Å². The zero-order valence-electron chi connectivity index (χ0n) is 11.3. The van der Waals surface area contributed by atoms with E-state index in [-0.39, 0.29) is 6.61 Å². The first-order chi connectivity index (χ1) is 8.85. The lowest BCUT2D eigenvalue weighted by Crippen LogP contribution is -2.34. The second-order valence-corrected chi connectivity index (χ2v) is 4.70. The van der Waals surface area contributed by atoms with Gasteiger partial charge in [-0.05, 0) is 13.3 Å². The smallest absolute Gasteiger partial charge is 0.333 e. The third kappa shape index (κ3) is 4.19. The third-order valence-corrected chi connectivity index (χ3v) is 3.02. The zero-order valence-corrected chi connectivity index (χ0v) is 11.3. The average molecular weight is 264 g/mol. The maximum absolute atomic E-state index is 11.2. The summed E-state index contributed by atoms with van der Waals surface area (Å²) in [5, 5.41) is 20.3. The van der Waals surface area contributed by atoms with Crippen molar-refractivity contribution in [1.82, 2.24) is 0 Å². The first-order valence-corrected chi connectivity index (χ1v) is 6.18. The highest BCUT2D eigenvalue weighted by Crippen LogP contribution is 2.28. The molecule has 0 heterocycles. The fourth-order valence-corrected chi connectivity index (χ4v) is 1.62. The molecule has 0 saturated heterocycles. The van der Waals surface area contributed by atoms with Crippen LogP contribution in [0.2, 0.25) is 0 Å². The molecule has 0 bridgehead atoms. The maximum Gasteiger partial charge on any atom is 0.333 e. The molecule has 1 aromatic rings. The topological polar surface area (TPSA) is 66.8 Å². The summed E-state index contributed by atoms with van der Waals surface area (Å²) >= 11 is 0. The Kier molecular flexibility index (Phi) is 5.27. The molecular weight excluding hydrogens is 244 g/mol. The molecule has 4 heteroatoms. The van der Waals surface area contributed by atoms with Crippen molar-refractivity contribution >= 4 is 5.97 Å². The molecule has 0 saturated carbocycles. The van der Waals surface area contributed by atoms with Crippen LogP contribution in [-0.4, -0.2) is 22.8 Å². The minimum Gasteiger partial charge on any atom is -0.462 e. The van der Waals surface area contributed by atoms with Gasteiger partial charge >= 0.3 is 5.97 Å². The fraction of sp³-hybridized carbons (Fsp3) is 0.400. The lowest BCUT2D eigenvalue weighted by atomic mass is 9.91. The van der Waals surface area contributed by atoms with Crippen LogP contribution in [0, 0.1) is 5.92 Å². The first-order valence-electron chi connectivity index (χ1n) is 6.18. The number of hydrogen-bond acceptors (Lipinski definition) is 4. The lowest BCUT2D eigenvalue weighted by Gasteiger charge is -2.29. The normalized spacial score (nSPS) is 12.8. The molecule has 1 unspecified atom stereocenters. The van der Waals surface area contributed by atoms with Crippen LogP contribution in [0.1, 0.15) is 25.8 Å². The molecule has 0 aliphatic rings. The fourth-order valence-electron chi connectivity index (χ4n) is 1.62. The second-order valence-electron chi connectivity index (χ2n) is 4.70. The van der Waals surface area contributed by atoms with E-state index in [4.69, 9.17) is 4.74 Å². The van der Waals surface area contributed by atoms with Gasteiger partial charge in [0.25, 0.3) is 0 Å². The van der Waals surface area contributed by atoms with Crippen LogP contribution in [-0.2, 0) is 15.3 Å². The summed E-state index contributed by atoms with van der Waals surface area (Å²) in [6, 6.07) is 8.58. The predicted octanol–water partition coefficient (Wildman–Crippen LogP) is 1.97. The van der Waals surface area contributed by atoms with Crippen LogP contribution in [0.3, 0.4) is 0 Å². The van der Waals surface area contributed by atoms with Crippen molar-refractivity contribution in [2.75, 3.05) is 6.61 Å². The molecule has 1 aromatic carbocycles. The predicted molar refractivity (Wildman–Crippen MR) is 72.1 cm³/mol. The van der Waals surface area contributed by atoms with Gasteiger partial charge in [-0.25, -0.2) is 4.79 Å². The number of aliphatic hydroxyl groups is 2. The third-order valence-electron chi connectivity index (χ3n) is 3.02. The first kappa shape index (κ1) is 15.4. The summed E-state index contributed by atoms with van der Waals surface area (Å²) in [6.45, 7) is 6.87. The van der Waals surface area contributed by atoms with Gasteiger partial charge in [-0.2, -0.15) is 0 Å². The highest BCUT2D eigenvalue weighted by Gasteiger charge is 2.32. The molecule has 2 N–H and O–H groups in total. The highest BCUT2D eigenvalue weighted by molar-refractivity contribution is 5.86. The molecule has 19 heavy (non-hydrogen) atoms. The zero-order chi connectivity index (χ0) is 14.5. The van der Waals surface area contributed by atoms with Crippen molar-refractivity contribution < 1.29 is 19.7 Å². The SMILES string of the molecule is C=C(C)C(=O)OCCC(C)C(O)(O)c1ccccc1. The molecule has 0 aliphatic heterocycles. The summed E-state index contributed by atoms with van der Waals surface area (Å²) in [5.41, 5.74) is 0.753. The number of benzene rings is 1.